The van der Waals surface area contributed by atoms with Crippen molar-refractivity contribution in [3.8, 4) is 11.5 Å². The first-order valence-electron chi connectivity index (χ1n) is 6.41. The summed E-state index contributed by atoms with van der Waals surface area (Å²) in [5.41, 5.74) is 0.797. The van der Waals surface area contributed by atoms with E-state index in [1.165, 1.54) is 12.1 Å². The Morgan fingerprint density at radius 2 is 1.81 bits per heavy atom. The Balaban J connectivity index is 1.80. The van der Waals surface area contributed by atoms with Crippen LogP contribution in [0.25, 0.3) is 0 Å². The first kappa shape index (κ1) is 13.9. The van der Waals surface area contributed by atoms with E-state index in [1.54, 1.807) is 12.1 Å². The van der Waals surface area contributed by atoms with Gasteiger partial charge in [-0.15, -0.1) is 0 Å². The highest BCUT2D eigenvalue weighted by Crippen LogP contribution is 2.38. The molecule has 0 bridgehead atoms. The minimum atomic E-state index is -0.873. The predicted molar refractivity (Wildman–Crippen MR) is 76.1 cm³/mol. The molecule has 0 aliphatic carbocycles. The van der Waals surface area contributed by atoms with Gasteiger partial charge in [-0.2, -0.15) is 0 Å². The van der Waals surface area contributed by atoms with Crippen molar-refractivity contribution < 1.29 is 18.3 Å². The molecule has 0 fully saturated rings. The monoisotopic (exact) mass is 311 g/mol. The maximum absolute atomic E-state index is 13.6. The van der Waals surface area contributed by atoms with Gasteiger partial charge in [-0.25, -0.2) is 8.78 Å². The molecule has 1 aliphatic rings. The number of halogens is 3. The van der Waals surface area contributed by atoms with Gasteiger partial charge in [-0.1, -0.05) is 23.7 Å². The molecular formula is C15H12ClF2NO2. The number of rotatable bonds is 3. The van der Waals surface area contributed by atoms with E-state index in [-0.39, 0.29) is 12.1 Å². The largest absolute Gasteiger partial charge is 0.486 e. The summed E-state index contributed by atoms with van der Waals surface area (Å²) in [5, 5.41) is 3.40. The second-order valence-electron chi connectivity index (χ2n) is 4.54. The number of anilines is 1. The number of nitrogens with one attached hydrogen (secondary N) is 1. The van der Waals surface area contributed by atoms with Crippen molar-refractivity contribution in [1.82, 2.24) is 0 Å². The van der Waals surface area contributed by atoms with Crippen molar-refractivity contribution in [3.05, 3.63) is 52.6 Å². The van der Waals surface area contributed by atoms with Crippen LogP contribution in [0.2, 0.25) is 5.02 Å². The van der Waals surface area contributed by atoms with Crippen LogP contribution in [0.1, 0.15) is 5.56 Å². The molecule has 0 atom stereocenters. The maximum Gasteiger partial charge on any atom is 0.163 e. The lowest BCUT2D eigenvalue weighted by molar-refractivity contribution is 0.171. The molecule has 0 amide bonds. The van der Waals surface area contributed by atoms with E-state index in [0.29, 0.717) is 35.4 Å². The van der Waals surface area contributed by atoms with Crippen LogP contribution in [0, 0.1) is 11.6 Å². The Morgan fingerprint density at radius 3 is 2.57 bits per heavy atom. The summed E-state index contributed by atoms with van der Waals surface area (Å²) < 4.78 is 37.6. The summed E-state index contributed by atoms with van der Waals surface area (Å²) in [5.74, 6) is -0.581. The van der Waals surface area contributed by atoms with Crippen LogP contribution in [-0.2, 0) is 6.54 Å². The standard InChI is InChI=1S/C15H12ClF2NO2/c16-10-6-13-14(21-5-4-20-13)7-12(10)19-8-9-2-1-3-11(17)15(9)18/h1-3,6-7,19H,4-5,8H2. The summed E-state index contributed by atoms with van der Waals surface area (Å²) in [4.78, 5) is 0. The zero-order valence-corrected chi connectivity index (χ0v) is 11.7. The molecule has 3 nitrogen and oxygen atoms in total. The van der Waals surface area contributed by atoms with Crippen LogP contribution in [0.4, 0.5) is 14.5 Å². The lowest BCUT2D eigenvalue weighted by Gasteiger charge is -2.20. The number of ether oxygens (including phenoxy) is 2. The second-order valence-corrected chi connectivity index (χ2v) is 4.95. The zero-order chi connectivity index (χ0) is 14.8. The Morgan fingerprint density at radius 1 is 1.10 bits per heavy atom. The van der Waals surface area contributed by atoms with E-state index in [9.17, 15) is 8.78 Å². The van der Waals surface area contributed by atoms with Crippen molar-refractivity contribution in [2.75, 3.05) is 18.5 Å². The molecule has 0 radical (unpaired) electrons. The molecule has 0 saturated heterocycles. The Bertz CT molecular complexity index is 679. The molecule has 1 N–H and O–H groups in total. The summed E-state index contributed by atoms with van der Waals surface area (Å²) in [6, 6.07) is 7.38. The minimum absolute atomic E-state index is 0.114. The highest BCUT2D eigenvalue weighted by atomic mass is 35.5. The van der Waals surface area contributed by atoms with Crippen LogP contribution in [0.5, 0.6) is 11.5 Å². The minimum Gasteiger partial charge on any atom is -0.486 e. The van der Waals surface area contributed by atoms with Crippen LogP contribution in [-0.4, -0.2) is 13.2 Å². The highest BCUT2D eigenvalue weighted by molar-refractivity contribution is 6.33. The normalized spacial score (nSPS) is 13.1. The molecular weight excluding hydrogens is 300 g/mol. The fraction of sp³-hybridized carbons (Fsp3) is 0.200. The molecule has 1 heterocycles. The molecule has 0 aromatic heterocycles. The molecule has 0 unspecified atom stereocenters. The van der Waals surface area contributed by atoms with E-state index in [0.717, 1.165) is 6.07 Å². The van der Waals surface area contributed by atoms with Gasteiger partial charge in [0.25, 0.3) is 0 Å². The third-order valence-corrected chi connectivity index (χ3v) is 3.45. The molecule has 0 saturated carbocycles. The summed E-state index contributed by atoms with van der Waals surface area (Å²) >= 11 is 6.13. The number of benzene rings is 2. The van der Waals surface area contributed by atoms with Gasteiger partial charge in [0.1, 0.15) is 13.2 Å². The van der Waals surface area contributed by atoms with Gasteiger partial charge in [0, 0.05) is 24.2 Å². The van der Waals surface area contributed by atoms with Gasteiger partial charge in [0.05, 0.1) is 10.7 Å². The average molecular weight is 312 g/mol. The summed E-state index contributed by atoms with van der Waals surface area (Å²) in [6.07, 6.45) is 0. The van der Waals surface area contributed by atoms with Gasteiger partial charge >= 0.3 is 0 Å². The Labute approximate surface area is 125 Å². The molecule has 2 aromatic carbocycles. The van der Waals surface area contributed by atoms with Crippen molar-refractivity contribution in [2.24, 2.45) is 0 Å². The van der Waals surface area contributed by atoms with E-state index in [2.05, 4.69) is 5.32 Å². The van der Waals surface area contributed by atoms with Gasteiger partial charge < -0.3 is 14.8 Å². The third-order valence-electron chi connectivity index (χ3n) is 3.13. The average Bonchev–Trinajstić information content (AvgIpc) is 2.49. The van der Waals surface area contributed by atoms with E-state index in [1.807, 2.05) is 0 Å². The van der Waals surface area contributed by atoms with E-state index < -0.39 is 11.6 Å². The maximum atomic E-state index is 13.6. The van der Waals surface area contributed by atoms with Gasteiger partial charge in [0.2, 0.25) is 0 Å². The van der Waals surface area contributed by atoms with Crippen molar-refractivity contribution in [3.63, 3.8) is 0 Å². The molecule has 110 valence electrons. The quantitative estimate of drug-likeness (QED) is 0.929. The fourth-order valence-electron chi connectivity index (χ4n) is 2.07. The summed E-state index contributed by atoms with van der Waals surface area (Å²) in [7, 11) is 0. The smallest absolute Gasteiger partial charge is 0.163 e. The Hall–Kier alpha value is -2.01. The van der Waals surface area contributed by atoms with Crippen LogP contribution in [0.15, 0.2) is 30.3 Å². The SMILES string of the molecule is Fc1cccc(CNc2cc3c(cc2Cl)OCCO3)c1F. The Kier molecular flexibility index (Phi) is 3.84. The van der Waals surface area contributed by atoms with E-state index >= 15 is 0 Å². The molecule has 2 aromatic rings. The van der Waals surface area contributed by atoms with Gasteiger partial charge in [-0.05, 0) is 6.07 Å². The zero-order valence-electron chi connectivity index (χ0n) is 11.0. The topological polar surface area (TPSA) is 30.5 Å². The molecule has 3 rings (SSSR count). The van der Waals surface area contributed by atoms with Crippen LogP contribution >= 0.6 is 11.6 Å². The first-order chi connectivity index (χ1) is 10.1. The van der Waals surface area contributed by atoms with E-state index in [4.69, 9.17) is 21.1 Å². The van der Waals surface area contributed by atoms with Crippen molar-refractivity contribution in [2.45, 2.75) is 6.54 Å². The van der Waals surface area contributed by atoms with Gasteiger partial charge in [-0.3, -0.25) is 0 Å². The van der Waals surface area contributed by atoms with Crippen molar-refractivity contribution >= 4 is 17.3 Å². The first-order valence-corrected chi connectivity index (χ1v) is 6.79. The predicted octanol–water partition coefficient (Wildman–Crippen LogP) is 4.00. The second kappa shape index (κ2) is 5.77. The van der Waals surface area contributed by atoms with Crippen LogP contribution in [0.3, 0.4) is 0 Å². The lowest BCUT2D eigenvalue weighted by Crippen LogP contribution is -2.15. The lowest BCUT2D eigenvalue weighted by atomic mass is 10.2. The number of hydrogen-bond acceptors (Lipinski definition) is 3. The number of hydrogen-bond donors (Lipinski definition) is 1. The molecule has 0 spiro atoms. The number of fused-ring (bicyclic) bond motifs is 1. The summed E-state index contributed by atoms with van der Waals surface area (Å²) in [6.45, 7) is 1.06. The van der Waals surface area contributed by atoms with Gasteiger partial charge in [0.15, 0.2) is 23.1 Å². The fourth-order valence-corrected chi connectivity index (χ4v) is 2.30. The molecule has 6 heteroatoms. The van der Waals surface area contributed by atoms with Crippen molar-refractivity contribution in [1.29, 1.82) is 0 Å². The molecule has 21 heavy (non-hydrogen) atoms. The highest BCUT2D eigenvalue weighted by Gasteiger charge is 2.15. The third kappa shape index (κ3) is 2.88. The molecule has 1 aliphatic heterocycles. The van der Waals surface area contributed by atoms with Crippen LogP contribution < -0.4 is 14.8 Å².